The molecule has 2 rings (SSSR count). The van der Waals surface area contributed by atoms with Gasteiger partial charge in [-0.25, -0.2) is 0 Å². The van der Waals surface area contributed by atoms with Gasteiger partial charge in [-0.1, -0.05) is 19.6 Å². The summed E-state index contributed by atoms with van der Waals surface area (Å²) < 4.78 is 0. The predicted octanol–water partition coefficient (Wildman–Crippen LogP) is 1.73. The summed E-state index contributed by atoms with van der Waals surface area (Å²) in [6, 6.07) is -0.124. The van der Waals surface area contributed by atoms with E-state index in [1.807, 2.05) is 6.92 Å². The highest BCUT2D eigenvalue weighted by molar-refractivity contribution is 6.46. The third-order valence-electron chi connectivity index (χ3n) is 3.92. The van der Waals surface area contributed by atoms with Gasteiger partial charge in [-0.05, 0) is 31.3 Å². The average Bonchev–Trinajstić information content (AvgIpc) is 2.91. The second-order valence-corrected chi connectivity index (χ2v) is 5.21. The van der Waals surface area contributed by atoms with E-state index in [9.17, 15) is 9.59 Å². The van der Waals surface area contributed by atoms with Gasteiger partial charge >= 0.3 is 0 Å². The Balaban J connectivity index is 2.21. The molecule has 1 saturated heterocycles. The van der Waals surface area contributed by atoms with Gasteiger partial charge in [0, 0.05) is 12.2 Å². The number of likely N-dealkylation sites (tertiary alicyclic amines) is 1. The molecule has 1 amide bonds. The van der Waals surface area contributed by atoms with Crippen molar-refractivity contribution in [1.29, 1.82) is 0 Å². The van der Waals surface area contributed by atoms with Gasteiger partial charge in [-0.15, -0.1) is 0 Å². The molecule has 2 fully saturated rings. The number of hydrogen-bond acceptors (Lipinski definition) is 3. The topological polar surface area (TPSA) is 49.7 Å². The molecule has 2 aliphatic rings. The van der Waals surface area contributed by atoms with E-state index in [1.54, 1.807) is 17.1 Å². The summed E-state index contributed by atoms with van der Waals surface area (Å²) in [6.45, 7) is 7.47. The van der Waals surface area contributed by atoms with Crippen molar-refractivity contribution in [2.45, 2.75) is 38.8 Å². The maximum atomic E-state index is 12.4. The minimum Gasteiger partial charge on any atom is -0.331 e. The van der Waals surface area contributed by atoms with Crippen LogP contribution in [0.2, 0.25) is 0 Å². The molecule has 0 aromatic rings. The Labute approximate surface area is 107 Å². The van der Waals surface area contributed by atoms with Crippen LogP contribution in [0, 0.1) is 5.41 Å². The largest absolute Gasteiger partial charge is 0.331 e. The first kappa shape index (κ1) is 12.7. The van der Waals surface area contributed by atoms with Gasteiger partial charge in [0.1, 0.15) is 5.71 Å². The van der Waals surface area contributed by atoms with Crippen LogP contribution in [0.15, 0.2) is 29.9 Å². The van der Waals surface area contributed by atoms with Crippen molar-refractivity contribution in [3.63, 3.8) is 0 Å². The van der Waals surface area contributed by atoms with Gasteiger partial charge in [0.15, 0.2) is 0 Å². The lowest BCUT2D eigenvalue weighted by Gasteiger charge is -2.21. The molecule has 0 aromatic heterocycles. The number of rotatable bonds is 5. The smallest absolute Gasteiger partial charge is 0.210 e. The van der Waals surface area contributed by atoms with Crippen molar-refractivity contribution in [2.24, 2.45) is 10.4 Å². The third kappa shape index (κ3) is 1.92. The third-order valence-corrected chi connectivity index (χ3v) is 3.92. The van der Waals surface area contributed by atoms with E-state index in [0.29, 0.717) is 5.71 Å². The normalized spacial score (nSPS) is 34.6. The highest BCUT2D eigenvalue weighted by atomic mass is 16.2. The molecule has 3 atom stereocenters. The van der Waals surface area contributed by atoms with Crippen LogP contribution in [-0.4, -0.2) is 34.9 Å². The fourth-order valence-electron chi connectivity index (χ4n) is 2.82. The van der Waals surface area contributed by atoms with Gasteiger partial charge in [-0.2, -0.15) is 0 Å². The number of aliphatic imine (C=N–C) groups is 1. The number of carbonyl (C=O) groups is 2. The molecule has 1 saturated carbocycles. The number of hydrogen-bond donors (Lipinski definition) is 0. The number of piperidine rings is 1. The molecule has 96 valence electrons. The molecule has 0 bridgehead atoms. The second-order valence-electron chi connectivity index (χ2n) is 5.21. The number of carbonyl (C=O) groups excluding carboxylic acids is 2. The summed E-state index contributed by atoms with van der Waals surface area (Å²) in [5.74, 6) is -0.0893. The first-order chi connectivity index (χ1) is 8.57. The Bertz CT molecular complexity index is 453. The summed E-state index contributed by atoms with van der Waals surface area (Å²) in [5.41, 5.74) is 0.505. The van der Waals surface area contributed by atoms with E-state index in [-0.39, 0.29) is 23.3 Å². The van der Waals surface area contributed by atoms with Gasteiger partial charge in [0.05, 0.1) is 6.04 Å². The van der Waals surface area contributed by atoms with E-state index in [4.69, 9.17) is 0 Å². The first-order valence-corrected chi connectivity index (χ1v) is 6.15. The Morgan fingerprint density at radius 1 is 1.50 bits per heavy atom. The van der Waals surface area contributed by atoms with E-state index in [0.717, 1.165) is 19.3 Å². The minimum absolute atomic E-state index is 0.0893. The van der Waals surface area contributed by atoms with E-state index in [2.05, 4.69) is 18.5 Å². The van der Waals surface area contributed by atoms with Gasteiger partial charge in [0.2, 0.25) is 12.2 Å². The molecule has 0 radical (unpaired) electrons. The Kier molecular flexibility index (Phi) is 3.20. The lowest BCUT2D eigenvalue weighted by molar-refractivity contribution is -0.127. The second kappa shape index (κ2) is 4.52. The zero-order valence-corrected chi connectivity index (χ0v) is 10.8. The van der Waals surface area contributed by atoms with Gasteiger partial charge in [0.25, 0.3) is 0 Å². The Morgan fingerprint density at radius 3 is 2.78 bits per heavy atom. The van der Waals surface area contributed by atoms with Crippen LogP contribution >= 0.6 is 0 Å². The predicted molar refractivity (Wildman–Crippen MR) is 70.3 cm³/mol. The molecule has 1 heterocycles. The number of amides is 1. The molecule has 0 N–H and O–H groups in total. The lowest BCUT2D eigenvalue weighted by atomic mass is 9.97. The molecule has 0 spiro atoms. The summed E-state index contributed by atoms with van der Waals surface area (Å²) >= 11 is 0. The van der Waals surface area contributed by atoms with Crippen LogP contribution in [-0.2, 0) is 9.59 Å². The summed E-state index contributed by atoms with van der Waals surface area (Å²) in [4.78, 5) is 29.2. The fourth-order valence-corrected chi connectivity index (χ4v) is 2.82. The van der Waals surface area contributed by atoms with E-state index in [1.165, 1.54) is 6.20 Å². The molecule has 0 aromatic carbocycles. The van der Waals surface area contributed by atoms with Crippen molar-refractivity contribution < 1.29 is 9.59 Å². The van der Waals surface area contributed by atoms with Crippen molar-refractivity contribution >= 4 is 17.9 Å². The van der Waals surface area contributed by atoms with Crippen LogP contribution in [0.3, 0.4) is 0 Å². The minimum atomic E-state index is -0.360. The van der Waals surface area contributed by atoms with Gasteiger partial charge in [-0.3, -0.25) is 14.6 Å². The number of fused-ring (bicyclic) bond motifs is 1. The molecule has 18 heavy (non-hydrogen) atoms. The van der Waals surface area contributed by atoms with E-state index < -0.39 is 0 Å². The molecule has 4 nitrogen and oxygen atoms in total. The van der Waals surface area contributed by atoms with E-state index >= 15 is 0 Å². The number of allylic oxidation sites excluding steroid dienone is 2. The molecule has 4 heteroatoms. The SMILES string of the molecule is C=C/N=C(\C=C/C)C(=O)C1CC2(C)CC2N1C=O. The van der Waals surface area contributed by atoms with Crippen LogP contribution < -0.4 is 0 Å². The summed E-state index contributed by atoms with van der Waals surface area (Å²) in [7, 11) is 0. The zero-order chi connectivity index (χ0) is 13.3. The van der Waals surface area contributed by atoms with Crippen LogP contribution in [0.25, 0.3) is 0 Å². The molecule has 3 unspecified atom stereocenters. The standard InChI is InChI=1S/C14H18N2O2/c1-4-6-10(15-5-2)13(18)11-7-14(3)8-12(14)16(11)9-17/h4-6,9,11-12H,2,7-8H2,1,3H3/b6-4-,15-10+. The Hall–Kier alpha value is -1.71. The highest BCUT2D eigenvalue weighted by Gasteiger charge is 2.62. The molecule has 1 aliphatic carbocycles. The number of ketones is 1. The monoisotopic (exact) mass is 246 g/mol. The Morgan fingerprint density at radius 2 is 2.22 bits per heavy atom. The van der Waals surface area contributed by atoms with Crippen LogP contribution in [0.5, 0.6) is 0 Å². The van der Waals surface area contributed by atoms with Crippen molar-refractivity contribution in [1.82, 2.24) is 4.90 Å². The quantitative estimate of drug-likeness (QED) is 0.548. The lowest BCUT2D eigenvalue weighted by Crippen LogP contribution is -2.41. The highest BCUT2D eigenvalue weighted by Crippen LogP contribution is 2.58. The number of Topliss-reactive ketones (excluding diaryl/α,β-unsaturated/α-hetero) is 1. The first-order valence-electron chi connectivity index (χ1n) is 6.15. The maximum Gasteiger partial charge on any atom is 0.210 e. The van der Waals surface area contributed by atoms with Crippen LogP contribution in [0.4, 0.5) is 0 Å². The molecular weight excluding hydrogens is 228 g/mol. The summed E-state index contributed by atoms with van der Waals surface area (Å²) in [5, 5.41) is 0. The maximum absolute atomic E-state index is 12.4. The van der Waals surface area contributed by atoms with Crippen molar-refractivity contribution in [2.75, 3.05) is 0 Å². The summed E-state index contributed by atoms with van der Waals surface area (Å²) in [6.07, 6.45) is 7.33. The van der Waals surface area contributed by atoms with Crippen molar-refractivity contribution in [3.8, 4) is 0 Å². The molecular formula is C14H18N2O2. The fraction of sp³-hybridized carbons (Fsp3) is 0.500. The zero-order valence-electron chi connectivity index (χ0n) is 10.8. The van der Waals surface area contributed by atoms with Crippen LogP contribution in [0.1, 0.15) is 26.7 Å². The average molecular weight is 246 g/mol. The van der Waals surface area contributed by atoms with Gasteiger partial charge < -0.3 is 4.90 Å². The van der Waals surface area contributed by atoms with Crippen molar-refractivity contribution in [3.05, 3.63) is 24.9 Å². The number of nitrogens with zero attached hydrogens (tertiary/aromatic N) is 2. The molecule has 1 aliphatic heterocycles.